The van der Waals surface area contributed by atoms with Crippen molar-refractivity contribution in [3.05, 3.63) is 54.5 Å². The van der Waals surface area contributed by atoms with Gasteiger partial charge in [0.15, 0.2) is 0 Å². The number of benzene rings is 1. The van der Waals surface area contributed by atoms with E-state index in [2.05, 4.69) is 47.7 Å². The highest BCUT2D eigenvalue weighted by Crippen LogP contribution is 2.20. The molecule has 0 N–H and O–H groups in total. The van der Waals surface area contributed by atoms with Gasteiger partial charge in [0, 0.05) is 11.6 Å². The lowest BCUT2D eigenvalue weighted by molar-refractivity contribution is 1.09. The Hall–Kier alpha value is -1.96. The van der Waals surface area contributed by atoms with Gasteiger partial charge < -0.3 is 0 Å². The summed E-state index contributed by atoms with van der Waals surface area (Å²) in [4.78, 5) is 8.63. The lowest BCUT2D eigenvalue weighted by Gasteiger charge is -2.04. The van der Waals surface area contributed by atoms with Crippen molar-refractivity contribution in [3.63, 3.8) is 0 Å². The van der Waals surface area contributed by atoms with Gasteiger partial charge in [0.25, 0.3) is 0 Å². The minimum absolute atomic E-state index is 0.800. The highest BCUT2D eigenvalue weighted by molar-refractivity contribution is 5.84. The van der Waals surface area contributed by atoms with Crippen LogP contribution in [0.5, 0.6) is 0 Å². The average molecular weight is 224 g/mol. The summed E-state index contributed by atoms with van der Waals surface area (Å²) >= 11 is 0. The van der Waals surface area contributed by atoms with Gasteiger partial charge in [0.05, 0.1) is 5.52 Å². The van der Waals surface area contributed by atoms with Crippen LogP contribution in [0.15, 0.2) is 43.1 Å². The zero-order chi connectivity index (χ0) is 12.3. The van der Waals surface area contributed by atoms with Crippen molar-refractivity contribution >= 4 is 16.5 Å². The molecule has 0 saturated carbocycles. The summed E-state index contributed by atoms with van der Waals surface area (Å²) in [7, 11) is 0. The highest BCUT2D eigenvalue weighted by atomic mass is 14.9. The van der Waals surface area contributed by atoms with Crippen LogP contribution in [0.25, 0.3) is 16.5 Å². The van der Waals surface area contributed by atoms with Gasteiger partial charge in [-0.3, -0.25) is 0 Å². The Morgan fingerprint density at radius 3 is 2.94 bits per heavy atom. The first-order valence-electron chi connectivity index (χ1n) is 5.81. The van der Waals surface area contributed by atoms with Crippen LogP contribution >= 0.6 is 0 Å². The van der Waals surface area contributed by atoms with Gasteiger partial charge in [0.1, 0.15) is 5.82 Å². The van der Waals surface area contributed by atoms with Crippen molar-refractivity contribution in [3.8, 4) is 0 Å². The van der Waals surface area contributed by atoms with Gasteiger partial charge in [-0.2, -0.15) is 0 Å². The fourth-order valence-electron chi connectivity index (χ4n) is 1.83. The summed E-state index contributed by atoms with van der Waals surface area (Å²) < 4.78 is 0. The molecule has 2 aromatic rings. The minimum atomic E-state index is 0.800. The fourth-order valence-corrected chi connectivity index (χ4v) is 1.83. The standard InChI is InChI=1S/C15H16N2/c1-4-6-12(5-2)13-7-8-14-10-16-11(3)17-15(14)9-13/h5-10H,2,4H2,1,3H3/b12-6+. The number of hydrogen-bond acceptors (Lipinski definition) is 2. The van der Waals surface area contributed by atoms with Gasteiger partial charge in [-0.05, 0) is 30.5 Å². The quantitative estimate of drug-likeness (QED) is 0.738. The molecule has 1 aromatic heterocycles. The molecule has 0 saturated heterocycles. The van der Waals surface area contributed by atoms with E-state index >= 15 is 0 Å². The summed E-state index contributed by atoms with van der Waals surface area (Å²) in [6, 6.07) is 6.23. The predicted molar refractivity (Wildman–Crippen MR) is 72.7 cm³/mol. The molecule has 1 heterocycles. The first-order chi connectivity index (χ1) is 8.24. The molecule has 17 heavy (non-hydrogen) atoms. The molecule has 2 heteroatoms. The summed E-state index contributed by atoms with van der Waals surface area (Å²) in [5.41, 5.74) is 3.30. The largest absolute Gasteiger partial charge is 0.241 e. The second-order valence-corrected chi connectivity index (χ2v) is 3.96. The fraction of sp³-hybridized carbons (Fsp3) is 0.200. The molecule has 0 radical (unpaired) electrons. The van der Waals surface area contributed by atoms with Crippen molar-refractivity contribution in [2.45, 2.75) is 20.3 Å². The maximum Gasteiger partial charge on any atom is 0.125 e. The van der Waals surface area contributed by atoms with Crippen molar-refractivity contribution in [1.29, 1.82) is 0 Å². The molecular formula is C15H16N2. The molecule has 2 nitrogen and oxygen atoms in total. The molecule has 0 aliphatic rings. The lowest BCUT2D eigenvalue weighted by Crippen LogP contribution is -1.89. The van der Waals surface area contributed by atoms with E-state index in [9.17, 15) is 0 Å². The molecule has 86 valence electrons. The van der Waals surface area contributed by atoms with E-state index in [-0.39, 0.29) is 0 Å². The molecule has 0 amide bonds. The molecule has 2 rings (SSSR count). The Labute approximate surface area is 102 Å². The van der Waals surface area contributed by atoms with E-state index in [1.807, 2.05) is 19.2 Å². The molecule has 0 bridgehead atoms. The lowest BCUT2D eigenvalue weighted by atomic mass is 10.0. The first-order valence-corrected chi connectivity index (χ1v) is 5.81. The number of nitrogens with zero attached hydrogens (tertiary/aromatic N) is 2. The zero-order valence-corrected chi connectivity index (χ0v) is 10.3. The van der Waals surface area contributed by atoms with E-state index in [1.54, 1.807) is 0 Å². The Balaban J connectivity index is 2.57. The smallest absolute Gasteiger partial charge is 0.125 e. The third-order valence-electron chi connectivity index (χ3n) is 2.68. The van der Waals surface area contributed by atoms with Crippen molar-refractivity contribution in [1.82, 2.24) is 9.97 Å². The minimum Gasteiger partial charge on any atom is -0.241 e. The van der Waals surface area contributed by atoms with Crippen LogP contribution in [0.2, 0.25) is 0 Å². The normalized spacial score (nSPS) is 11.8. The second kappa shape index (κ2) is 4.91. The van der Waals surface area contributed by atoms with Crippen LogP contribution in [-0.2, 0) is 0 Å². The summed E-state index contributed by atoms with van der Waals surface area (Å²) in [6.07, 6.45) is 6.92. The van der Waals surface area contributed by atoms with Crippen LogP contribution < -0.4 is 0 Å². The van der Waals surface area contributed by atoms with Crippen LogP contribution in [0.3, 0.4) is 0 Å². The van der Waals surface area contributed by atoms with Crippen LogP contribution in [0.4, 0.5) is 0 Å². The summed E-state index contributed by atoms with van der Waals surface area (Å²) in [5, 5.41) is 1.07. The number of hydrogen-bond donors (Lipinski definition) is 0. The van der Waals surface area contributed by atoms with Crippen molar-refractivity contribution in [2.24, 2.45) is 0 Å². The van der Waals surface area contributed by atoms with Gasteiger partial charge in [-0.15, -0.1) is 0 Å². The Bertz CT molecular complexity index is 582. The third-order valence-corrected chi connectivity index (χ3v) is 2.68. The maximum absolute atomic E-state index is 4.44. The van der Waals surface area contributed by atoms with Gasteiger partial charge >= 0.3 is 0 Å². The van der Waals surface area contributed by atoms with Crippen LogP contribution in [0.1, 0.15) is 24.7 Å². The van der Waals surface area contributed by atoms with E-state index in [1.165, 1.54) is 0 Å². The monoisotopic (exact) mass is 224 g/mol. The number of rotatable bonds is 3. The third kappa shape index (κ3) is 2.41. The molecule has 0 aliphatic carbocycles. The van der Waals surface area contributed by atoms with E-state index < -0.39 is 0 Å². The second-order valence-electron chi connectivity index (χ2n) is 3.96. The van der Waals surface area contributed by atoms with Gasteiger partial charge in [-0.1, -0.05) is 37.8 Å². The Morgan fingerprint density at radius 1 is 1.41 bits per heavy atom. The van der Waals surface area contributed by atoms with E-state index in [0.717, 1.165) is 34.3 Å². The number of aryl methyl sites for hydroxylation is 1. The van der Waals surface area contributed by atoms with Crippen LogP contribution in [0, 0.1) is 6.92 Å². The molecule has 0 atom stereocenters. The Kier molecular flexibility index (Phi) is 3.33. The zero-order valence-electron chi connectivity index (χ0n) is 10.3. The van der Waals surface area contributed by atoms with E-state index in [4.69, 9.17) is 0 Å². The highest BCUT2D eigenvalue weighted by Gasteiger charge is 2.01. The number of fused-ring (bicyclic) bond motifs is 1. The molecular weight excluding hydrogens is 208 g/mol. The SMILES string of the molecule is C=C/C(=C\CC)c1ccc2cnc(C)nc2c1. The molecule has 0 aliphatic heterocycles. The number of allylic oxidation sites excluding steroid dienone is 3. The van der Waals surface area contributed by atoms with Crippen molar-refractivity contribution < 1.29 is 0 Å². The molecule has 1 aromatic carbocycles. The topological polar surface area (TPSA) is 25.8 Å². The molecule has 0 fully saturated rings. The number of aromatic nitrogens is 2. The van der Waals surface area contributed by atoms with Gasteiger partial charge in [-0.25, -0.2) is 9.97 Å². The Morgan fingerprint density at radius 2 is 2.24 bits per heavy atom. The molecule has 0 spiro atoms. The molecule has 0 unspecified atom stereocenters. The van der Waals surface area contributed by atoms with E-state index in [0.29, 0.717) is 0 Å². The average Bonchev–Trinajstić information content (AvgIpc) is 2.35. The summed E-state index contributed by atoms with van der Waals surface area (Å²) in [6.45, 7) is 7.88. The predicted octanol–water partition coefficient (Wildman–Crippen LogP) is 3.92. The maximum atomic E-state index is 4.44. The van der Waals surface area contributed by atoms with Crippen molar-refractivity contribution in [2.75, 3.05) is 0 Å². The first kappa shape index (κ1) is 11.5. The summed E-state index contributed by atoms with van der Waals surface area (Å²) in [5.74, 6) is 0.800. The van der Waals surface area contributed by atoms with Gasteiger partial charge in [0.2, 0.25) is 0 Å². The van der Waals surface area contributed by atoms with Crippen LogP contribution in [-0.4, -0.2) is 9.97 Å².